The van der Waals surface area contributed by atoms with Crippen molar-refractivity contribution >= 4 is 17.7 Å². The van der Waals surface area contributed by atoms with Crippen molar-refractivity contribution in [1.82, 2.24) is 5.32 Å². The summed E-state index contributed by atoms with van der Waals surface area (Å²) in [5.41, 5.74) is 0.275. The molecule has 0 aliphatic heterocycles. The third-order valence-corrected chi connectivity index (χ3v) is 2.72. The lowest BCUT2D eigenvalue weighted by molar-refractivity contribution is 0.0698. The number of carboxylic acids is 1. The maximum Gasteiger partial charge on any atom is 0.337 e. The van der Waals surface area contributed by atoms with E-state index in [1.54, 1.807) is 31.2 Å². The number of anilines is 1. The number of furan rings is 1. The van der Waals surface area contributed by atoms with Gasteiger partial charge in [0.05, 0.1) is 23.6 Å². The summed E-state index contributed by atoms with van der Waals surface area (Å²) in [4.78, 5) is 22.9. The van der Waals surface area contributed by atoms with Gasteiger partial charge in [-0.05, 0) is 31.2 Å². The number of amides is 2. The fourth-order valence-corrected chi connectivity index (χ4v) is 1.74. The van der Waals surface area contributed by atoms with Crippen molar-refractivity contribution in [3.63, 3.8) is 0 Å². The van der Waals surface area contributed by atoms with E-state index in [-0.39, 0.29) is 17.3 Å². The monoisotopic (exact) mass is 274 g/mol. The van der Waals surface area contributed by atoms with Crippen molar-refractivity contribution in [2.75, 3.05) is 5.32 Å². The van der Waals surface area contributed by atoms with Crippen LogP contribution < -0.4 is 10.6 Å². The molecular weight excluding hydrogens is 260 g/mol. The standard InChI is InChI=1S/C14H14N2O4/c1-9(12-7-4-8-20-12)15-14(19)16-11-6-3-2-5-10(11)13(17)18/h2-9H,1H3,(H,17,18)(H2,15,16,19). The Labute approximate surface area is 115 Å². The first-order chi connectivity index (χ1) is 9.58. The molecule has 1 heterocycles. The SMILES string of the molecule is CC(NC(=O)Nc1ccccc1C(=O)O)c1ccco1. The smallest absolute Gasteiger partial charge is 0.337 e. The topological polar surface area (TPSA) is 91.6 Å². The lowest BCUT2D eigenvalue weighted by Gasteiger charge is -2.13. The quantitative estimate of drug-likeness (QED) is 0.799. The van der Waals surface area contributed by atoms with Crippen LogP contribution in [0, 0.1) is 0 Å². The molecule has 1 aromatic heterocycles. The zero-order valence-corrected chi connectivity index (χ0v) is 10.8. The molecule has 0 aliphatic carbocycles. The lowest BCUT2D eigenvalue weighted by atomic mass is 10.2. The molecule has 2 rings (SSSR count). The van der Waals surface area contributed by atoms with E-state index in [1.807, 2.05) is 0 Å². The third-order valence-electron chi connectivity index (χ3n) is 2.72. The van der Waals surface area contributed by atoms with Gasteiger partial charge in [0.1, 0.15) is 5.76 Å². The molecule has 20 heavy (non-hydrogen) atoms. The summed E-state index contributed by atoms with van der Waals surface area (Å²) in [5, 5.41) is 14.2. The molecule has 6 heteroatoms. The van der Waals surface area contributed by atoms with E-state index in [9.17, 15) is 9.59 Å². The van der Waals surface area contributed by atoms with Gasteiger partial charge in [-0.25, -0.2) is 9.59 Å². The van der Waals surface area contributed by atoms with Gasteiger partial charge >= 0.3 is 12.0 Å². The van der Waals surface area contributed by atoms with Crippen LogP contribution in [0.3, 0.4) is 0 Å². The van der Waals surface area contributed by atoms with Gasteiger partial charge in [-0.1, -0.05) is 12.1 Å². The molecule has 0 spiro atoms. The number of benzene rings is 1. The van der Waals surface area contributed by atoms with Gasteiger partial charge in [0.25, 0.3) is 0 Å². The van der Waals surface area contributed by atoms with Crippen molar-refractivity contribution in [1.29, 1.82) is 0 Å². The molecule has 1 aromatic carbocycles. The molecular formula is C14H14N2O4. The van der Waals surface area contributed by atoms with Gasteiger partial charge in [-0.2, -0.15) is 0 Å². The van der Waals surface area contributed by atoms with Gasteiger partial charge in [-0.3, -0.25) is 0 Å². The second kappa shape index (κ2) is 5.92. The van der Waals surface area contributed by atoms with Crippen molar-refractivity contribution in [3.05, 3.63) is 54.0 Å². The maximum atomic E-state index is 11.8. The van der Waals surface area contributed by atoms with E-state index >= 15 is 0 Å². The van der Waals surface area contributed by atoms with Crippen LogP contribution in [0.25, 0.3) is 0 Å². The van der Waals surface area contributed by atoms with E-state index in [0.717, 1.165) is 0 Å². The van der Waals surface area contributed by atoms with Gasteiger partial charge < -0.3 is 20.2 Å². The number of carboxylic acid groups (broad SMARTS) is 1. The molecule has 1 unspecified atom stereocenters. The Morgan fingerprint density at radius 2 is 1.95 bits per heavy atom. The Hall–Kier alpha value is -2.76. The number of carbonyl (C=O) groups is 2. The average molecular weight is 274 g/mol. The zero-order valence-electron chi connectivity index (χ0n) is 10.8. The summed E-state index contributed by atoms with van der Waals surface area (Å²) in [5.74, 6) is -0.480. The highest BCUT2D eigenvalue weighted by Crippen LogP contribution is 2.16. The summed E-state index contributed by atoms with van der Waals surface area (Å²) in [6, 6.07) is 8.86. The molecule has 0 radical (unpaired) electrons. The highest BCUT2D eigenvalue weighted by atomic mass is 16.4. The number of nitrogens with one attached hydrogen (secondary N) is 2. The number of hydrogen-bond donors (Lipinski definition) is 3. The minimum absolute atomic E-state index is 0.0355. The average Bonchev–Trinajstić information content (AvgIpc) is 2.92. The van der Waals surface area contributed by atoms with Crippen LogP contribution in [0.2, 0.25) is 0 Å². The molecule has 2 aromatic rings. The first kappa shape index (κ1) is 13.7. The van der Waals surface area contributed by atoms with Crippen LogP contribution in [0.4, 0.5) is 10.5 Å². The van der Waals surface area contributed by atoms with Crippen LogP contribution in [0.1, 0.15) is 29.1 Å². The second-order valence-electron chi connectivity index (χ2n) is 4.19. The highest BCUT2D eigenvalue weighted by Gasteiger charge is 2.14. The Balaban J connectivity index is 2.03. The van der Waals surface area contributed by atoms with Gasteiger partial charge in [0.2, 0.25) is 0 Å². The first-order valence-electron chi connectivity index (χ1n) is 6.01. The minimum atomic E-state index is -1.10. The van der Waals surface area contributed by atoms with Crippen molar-refractivity contribution in [2.24, 2.45) is 0 Å². The molecule has 0 aliphatic rings. The Morgan fingerprint density at radius 3 is 2.60 bits per heavy atom. The summed E-state index contributed by atoms with van der Waals surface area (Å²) >= 11 is 0. The number of aromatic carboxylic acids is 1. The predicted octanol–water partition coefficient (Wildman–Crippen LogP) is 2.86. The van der Waals surface area contributed by atoms with Crippen LogP contribution in [0.5, 0.6) is 0 Å². The van der Waals surface area contributed by atoms with Crippen molar-refractivity contribution in [3.8, 4) is 0 Å². The molecule has 3 N–H and O–H groups in total. The Bertz CT molecular complexity index is 607. The molecule has 1 atom stereocenters. The zero-order chi connectivity index (χ0) is 14.5. The Kier molecular flexibility index (Phi) is 4.05. The second-order valence-corrected chi connectivity index (χ2v) is 4.19. The first-order valence-corrected chi connectivity index (χ1v) is 6.01. The predicted molar refractivity (Wildman–Crippen MR) is 72.7 cm³/mol. The number of carbonyl (C=O) groups excluding carboxylic acids is 1. The molecule has 2 amide bonds. The van der Waals surface area contributed by atoms with Gasteiger partial charge in [0.15, 0.2) is 0 Å². The fraction of sp³-hybridized carbons (Fsp3) is 0.143. The molecule has 0 saturated heterocycles. The van der Waals surface area contributed by atoms with Crippen LogP contribution >= 0.6 is 0 Å². The van der Waals surface area contributed by atoms with Crippen molar-refractivity contribution < 1.29 is 19.1 Å². The van der Waals surface area contributed by atoms with Crippen LogP contribution in [-0.2, 0) is 0 Å². The number of rotatable bonds is 4. The molecule has 6 nitrogen and oxygen atoms in total. The number of hydrogen-bond acceptors (Lipinski definition) is 3. The van der Waals surface area contributed by atoms with Crippen molar-refractivity contribution in [2.45, 2.75) is 13.0 Å². The highest BCUT2D eigenvalue weighted by molar-refractivity contribution is 6.00. The minimum Gasteiger partial charge on any atom is -0.478 e. The molecule has 0 bridgehead atoms. The van der Waals surface area contributed by atoms with E-state index in [0.29, 0.717) is 5.76 Å². The van der Waals surface area contributed by atoms with Crippen LogP contribution in [0.15, 0.2) is 47.1 Å². The molecule has 0 fully saturated rings. The summed E-state index contributed by atoms with van der Waals surface area (Å²) in [6.45, 7) is 1.77. The normalized spacial score (nSPS) is 11.7. The number of para-hydroxylation sites is 1. The summed E-state index contributed by atoms with van der Waals surface area (Å²) in [7, 11) is 0. The maximum absolute atomic E-state index is 11.8. The summed E-state index contributed by atoms with van der Waals surface area (Å²) in [6.07, 6.45) is 1.52. The summed E-state index contributed by atoms with van der Waals surface area (Å²) < 4.78 is 5.17. The van der Waals surface area contributed by atoms with Crippen LogP contribution in [-0.4, -0.2) is 17.1 Å². The Morgan fingerprint density at radius 1 is 1.20 bits per heavy atom. The molecule has 104 valence electrons. The van der Waals surface area contributed by atoms with Gasteiger partial charge in [-0.15, -0.1) is 0 Å². The molecule has 0 saturated carbocycles. The van der Waals surface area contributed by atoms with E-state index in [4.69, 9.17) is 9.52 Å². The van der Waals surface area contributed by atoms with E-state index < -0.39 is 12.0 Å². The number of urea groups is 1. The lowest BCUT2D eigenvalue weighted by Crippen LogP contribution is -2.31. The fourth-order valence-electron chi connectivity index (χ4n) is 1.74. The third kappa shape index (κ3) is 3.17. The van der Waals surface area contributed by atoms with E-state index in [2.05, 4.69) is 10.6 Å². The van der Waals surface area contributed by atoms with Gasteiger partial charge in [0, 0.05) is 0 Å². The van der Waals surface area contributed by atoms with E-state index in [1.165, 1.54) is 18.4 Å². The largest absolute Gasteiger partial charge is 0.478 e.